The highest BCUT2D eigenvalue weighted by molar-refractivity contribution is 5.94. The van der Waals surface area contributed by atoms with Gasteiger partial charge in [-0.05, 0) is 25.0 Å². The number of amidine groups is 1. The molecule has 1 aliphatic heterocycles. The van der Waals surface area contributed by atoms with E-state index in [4.69, 9.17) is 15.7 Å². The van der Waals surface area contributed by atoms with Gasteiger partial charge in [0, 0.05) is 6.42 Å². The van der Waals surface area contributed by atoms with Gasteiger partial charge in [0.2, 0.25) is 0 Å². The number of hydrogen-bond acceptors (Lipinski definition) is 4. The zero-order valence-corrected chi connectivity index (χ0v) is 11.6. The van der Waals surface area contributed by atoms with Crippen molar-refractivity contribution >= 4 is 11.7 Å². The third-order valence-electron chi connectivity index (χ3n) is 3.72. The molecule has 0 saturated carbocycles. The van der Waals surface area contributed by atoms with Crippen LogP contribution in [0.25, 0.3) is 0 Å². The molecule has 1 aliphatic rings. The van der Waals surface area contributed by atoms with Crippen LogP contribution >= 0.6 is 0 Å². The summed E-state index contributed by atoms with van der Waals surface area (Å²) in [5.74, 6) is 0.440. The molecule has 0 spiro atoms. The third-order valence-corrected chi connectivity index (χ3v) is 3.72. The summed E-state index contributed by atoms with van der Waals surface area (Å²) in [4.78, 5) is 12.3. The minimum atomic E-state index is -0.885. The number of ether oxygens (including phenoxy) is 1. The molecule has 1 heterocycles. The van der Waals surface area contributed by atoms with E-state index in [1.54, 1.807) is 6.92 Å². The number of fused-ring (bicyclic) bond motifs is 1. The molecule has 0 bridgehead atoms. The number of hydrogen-bond donors (Lipinski definition) is 3. The fraction of sp³-hybridized carbons (Fsp3) is 0.429. The molecule has 0 radical (unpaired) electrons. The Morgan fingerprint density at radius 2 is 2.30 bits per heavy atom. The number of amides is 1. The Morgan fingerprint density at radius 3 is 2.90 bits per heavy atom. The lowest BCUT2D eigenvalue weighted by Crippen LogP contribution is -2.57. The molecule has 0 fully saturated rings. The second kappa shape index (κ2) is 5.40. The monoisotopic (exact) mass is 277 g/mol. The number of carbonyl (C=O) groups excluding carboxylic acids is 1. The molecule has 1 aromatic rings. The number of benzene rings is 1. The van der Waals surface area contributed by atoms with Gasteiger partial charge in [0.05, 0.1) is 5.54 Å². The van der Waals surface area contributed by atoms with Crippen LogP contribution in [0.4, 0.5) is 0 Å². The molecule has 0 saturated heterocycles. The second-order valence-electron chi connectivity index (χ2n) is 5.08. The topological polar surface area (TPSA) is 96.9 Å². The van der Waals surface area contributed by atoms with Crippen molar-refractivity contribution in [2.75, 3.05) is 0 Å². The van der Waals surface area contributed by atoms with Crippen LogP contribution in [0.2, 0.25) is 0 Å². The van der Waals surface area contributed by atoms with E-state index in [0.29, 0.717) is 12.8 Å². The average molecular weight is 277 g/mol. The number of nitrogens with one attached hydrogen (secondary N) is 1. The van der Waals surface area contributed by atoms with Crippen molar-refractivity contribution < 1.29 is 14.7 Å². The summed E-state index contributed by atoms with van der Waals surface area (Å²) in [5.41, 5.74) is 5.76. The summed E-state index contributed by atoms with van der Waals surface area (Å²) in [6.07, 6.45) is 0.455. The van der Waals surface area contributed by atoms with Crippen molar-refractivity contribution in [2.24, 2.45) is 10.9 Å². The third kappa shape index (κ3) is 2.54. The first-order valence-corrected chi connectivity index (χ1v) is 6.54. The van der Waals surface area contributed by atoms with Crippen LogP contribution < -0.4 is 15.8 Å². The molecule has 0 aromatic heterocycles. The van der Waals surface area contributed by atoms with Gasteiger partial charge in [-0.15, -0.1) is 0 Å². The summed E-state index contributed by atoms with van der Waals surface area (Å²) >= 11 is 0. The van der Waals surface area contributed by atoms with E-state index < -0.39 is 11.6 Å². The van der Waals surface area contributed by atoms with Gasteiger partial charge in [0.1, 0.15) is 5.75 Å². The Balaban J connectivity index is 2.07. The van der Waals surface area contributed by atoms with Crippen LogP contribution in [-0.4, -0.2) is 28.6 Å². The number of carbonyl (C=O) groups is 1. The van der Waals surface area contributed by atoms with E-state index in [2.05, 4.69) is 10.5 Å². The molecule has 1 amide bonds. The van der Waals surface area contributed by atoms with Crippen LogP contribution in [0.3, 0.4) is 0 Å². The van der Waals surface area contributed by atoms with Gasteiger partial charge in [-0.3, -0.25) is 4.79 Å². The van der Waals surface area contributed by atoms with Gasteiger partial charge in [-0.1, -0.05) is 30.3 Å². The predicted octanol–water partition coefficient (Wildman–Crippen LogP) is 1.02. The van der Waals surface area contributed by atoms with Crippen LogP contribution in [0.1, 0.15) is 25.8 Å². The van der Waals surface area contributed by atoms with Crippen molar-refractivity contribution in [2.45, 2.75) is 38.3 Å². The highest BCUT2D eigenvalue weighted by Crippen LogP contribution is 2.28. The van der Waals surface area contributed by atoms with Gasteiger partial charge >= 0.3 is 0 Å². The molecule has 2 rings (SSSR count). The Labute approximate surface area is 117 Å². The van der Waals surface area contributed by atoms with Gasteiger partial charge in [0.25, 0.3) is 5.91 Å². The largest absolute Gasteiger partial charge is 0.480 e. The zero-order valence-electron chi connectivity index (χ0n) is 11.6. The lowest BCUT2D eigenvalue weighted by atomic mass is 9.96. The maximum absolute atomic E-state index is 12.3. The van der Waals surface area contributed by atoms with Crippen molar-refractivity contribution in [1.82, 2.24) is 5.32 Å². The van der Waals surface area contributed by atoms with Crippen molar-refractivity contribution in [3.63, 3.8) is 0 Å². The normalized spacial score (nSPS) is 20.7. The minimum Gasteiger partial charge on any atom is -0.480 e. The molecule has 6 heteroatoms. The molecule has 20 heavy (non-hydrogen) atoms. The fourth-order valence-corrected chi connectivity index (χ4v) is 2.12. The summed E-state index contributed by atoms with van der Waals surface area (Å²) in [5, 5.41) is 14.6. The molecular formula is C14H19N3O3. The first-order chi connectivity index (χ1) is 9.50. The quantitative estimate of drug-likeness (QED) is 0.331. The number of rotatable bonds is 4. The van der Waals surface area contributed by atoms with Gasteiger partial charge < -0.3 is 21.0 Å². The Hall–Kier alpha value is -2.24. The van der Waals surface area contributed by atoms with E-state index in [0.717, 1.165) is 11.3 Å². The summed E-state index contributed by atoms with van der Waals surface area (Å²) in [6, 6.07) is 7.55. The molecular weight excluding hydrogens is 258 g/mol. The van der Waals surface area contributed by atoms with Gasteiger partial charge in [-0.25, -0.2) is 0 Å². The minimum absolute atomic E-state index is 0.0242. The smallest absolute Gasteiger partial charge is 0.262 e. The number of para-hydroxylation sites is 1. The standard InChI is InChI=1S/C14H19N3O3/c1-3-14(2,13(15)17-19)16-12(18)11-8-9-6-4-5-7-10(9)20-11/h4-7,11,19H,3,8H2,1-2H3,(H2,15,17)(H,16,18). The van der Waals surface area contributed by atoms with Crippen molar-refractivity contribution in [1.29, 1.82) is 0 Å². The maximum Gasteiger partial charge on any atom is 0.262 e. The molecule has 2 unspecified atom stereocenters. The lowest BCUT2D eigenvalue weighted by molar-refractivity contribution is -0.128. The SMILES string of the molecule is CCC(C)(NC(=O)C1Cc2ccccc2O1)/C(N)=N/O. The van der Waals surface area contributed by atoms with E-state index in [-0.39, 0.29) is 11.7 Å². The first-order valence-electron chi connectivity index (χ1n) is 6.54. The Kier molecular flexibility index (Phi) is 3.83. The predicted molar refractivity (Wildman–Crippen MR) is 74.8 cm³/mol. The van der Waals surface area contributed by atoms with E-state index in [1.807, 2.05) is 31.2 Å². The van der Waals surface area contributed by atoms with E-state index in [1.165, 1.54) is 0 Å². The molecule has 6 nitrogen and oxygen atoms in total. The molecule has 1 aromatic carbocycles. The van der Waals surface area contributed by atoms with Crippen LogP contribution in [-0.2, 0) is 11.2 Å². The number of oxime groups is 1. The number of nitrogens with zero attached hydrogens (tertiary/aromatic N) is 1. The van der Waals surface area contributed by atoms with Crippen LogP contribution in [0, 0.1) is 0 Å². The summed E-state index contributed by atoms with van der Waals surface area (Å²) < 4.78 is 5.62. The van der Waals surface area contributed by atoms with E-state index in [9.17, 15) is 4.79 Å². The molecule has 2 atom stereocenters. The summed E-state index contributed by atoms with van der Waals surface area (Å²) in [7, 11) is 0. The highest BCUT2D eigenvalue weighted by atomic mass is 16.5. The molecule has 4 N–H and O–H groups in total. The van der Waals surface area contributed by atoms with E-state index >= 15 is 0 Å². The van der Waals surface area contributed by atoms with Gasteiger partial charge in [0.15, 0.2) is 11.9 Å². The van der Waals surface area contributed by atoms with Crippen LogP contribution in [0.5, 0.6) is 5.75 Å². The van der Waals surface area contributed by atoms with Gasteiger partial charge in [-0.2, -0.15) is 0 Å². The second-order valence-corrected chi connectivity index (χ2v) is 5.08. The summed E-state index contributed by atoms with van der Waals surface area (Å²) in [6.45, 7) is 3.56. The number of nitrogens with two attached hydrogens (primary N) is 1. The molecule has 0 aliphatic carbocycles. The zero-order chi connectivity index (χ0) is 14.8. The first kappa shape index (κ1) is 14.2. The molecule has 108 valence electrons. The van der Waals surface area contributed by atoms with Crippen LogP contribution in [0.15, 0.2) is 29.4 Å². The van der Waals surface area contributed by atoms with Crippen molar-refractivity contribution in [3.05, 3.63) is 29.8 Å². The Morgan fingerprint density at radius 1 is 1.60 bits per heavy atom. The maximum atomic E-state index is 12.3. The fourth-order valence-electron chi connectivity index (χ4n) is 2.12. The Bertz CT molecular complexity index is 519. The van der Waals surface area contributed by atoms with Crippen molar-refractivity contribution in [3.8, 4) is 5.75 Å². The lowest BCUT2D eigenvalue weighted by Gasteiger charge is -2.29. The average Bonchev–Trinajstić information content (AvgIpc) is 2.90. The highest BCUT2D eigenvalue weighted by Gasteiger charge is 2.35.